The highest BCUT2D eigenvalue weighted by molar-refractivity contribution is 5.95. The smallest absolute Gasteiger partial charge is 0.256 e. The number of nitrogens with zero attached hydrogens (tertiary/aromatic N) is 4. The lowest BCUT2D eigenvalue weighted by Gasteiger charge is -2.39. The first-order valence-electron chi connectivity index (χ1n) is 10.2. The van der Waals surface area contributed by atoms with E-state index < -0.39 is 5.82 Å². The standard InChI is InChI=1S/C23H27FN4O/c1-3-19-15-27(11-10-26(19)2)23(29)20-12-17(8-9-21(20)24)14-28-16-25-13-18-6-4-5-7-22(18)28/h4-9,12-13,19H,3,10-11,14-16H2,1-2H3/t19-/m0/s1. The number of benzene rings is 2. The lowest BCUT2D eigenvalue weighted by Crippen LogP contribution is -2.53. The van der Waals surface area contributed by atoms with Crippen LogP contribution in [0.15, 0.2) is 47.5 Å². The van der Waals surface area contributed by atoms with E-state index in [0.717, 1.165) is 29.8 Å². The van der Waals surface area contributed by atoms with E-state index in [1.807, 2.05) is 24.4 Å². The normalized spacial score (nSPS) is 19.3. The molecule has 2 aromatic carbocycles. The van der Waals surface area contributed by atoms with E-state index in [2.05, 4.69) is 34.8 Å². The Balaban J connectivity index is 1.54. The largest absolute Gasteiger partial charge is 0.347 e. The zero-order valence-electron chi connectivity index (χ0n) is 17.0. The third-order valence-corrected chi connectivity index (χ3v) is 5.93. The van der Waals surface area contributed by atoms with Crippen LogP contribution in [0.1, 0.15) is 34.8 Å². The molecule has 1 saturated heterocycles. The van der Waals surface area contributed by atoms with E-state index >= 15 is 0 Å². The van der Waals surface area contributed by atoms with Gasteiger partial charge in [-0.15, -0.1) is 0 Å². The van der Waals surface area contributed by atoms with Gasteiger partial charge in [0.25, 0.3) is 5.91 Å². The van der Waals surface area contributed by atoms with Crippen LogP contribution in [0.25, 0.3) is 0 Å². The number of halogens is 1. The molecule has 2 aromatic rings. The maximum Gasteiger partial charge on any atom is 0.256 e. The molecule has 0 aliphatic carbocycles. The third-order valence-electron chi connectivity index (χ3n) is 5.93. The average molecular weight is 394 g/mol. The van der Waals surface area contributed by atoms with Crippen molar-refractivity contribution in [3.05, 3.63) is 65.0 Å². The molecule has 5 nitrogen and oxygen atoms in total. The molecule has 29 heavy (non-hydrogen) atoms. The summed E-state index contributed by atoms with van der Waals surface area (Å²) in [6, 6.07) is 13.3. The minimum atomic E-state index is -0.456. The summed E-state index contributed by atoms with van der Waals surface area (Å²) in [5, 5.41) is 0. The maximum absolute atomic E-state index is 14.6. The third kappa shape index (κ3) is 4.03. The van der Waals surface area contributed by atoms with Gasteiger partial charge in [0, 0.05) is 49.7 Å². The van der Waals surface area contributed by atoms with E-state index in [-0.39, 0.29) is 11.5 Å². The molecule has 152 valence electrons. The molecule has 0 saturated carbocycles. The summed E-state index contributed by atoms with van der Waals surface area (Å²) in [5.41, 5.74) is 3.24. The molecular formula is C23H27FN4O. The lowest BCUT2D eigenvalue weighted by atomic mass is 10.1. The molecule has 2 aliphatic heterocycles. The lowest BCUT2D eigenvalue weighted by molar-refractivity contribution is 0.0537. The van der Waals surface area contributed by atoms with E-state index in [4.69, 9.17) is 0 Å². The van der Waals surface area contributed by atoms with Gasteiger partial charge in [-0.2, -0.15) is 0 Å². The zero-order valence-corrected chi connectivity index (χ0v) is 17.0. The van der Waals surface area contributed by atoms with Crippen molar-refractivity contribution in [2.24, 2.45) is 4.99 Å². The Morgan fingerprint density at radius 3 is 2.86 bits per heavy atom. The van der Waals surface area contributed by atoms with Gasteiger partial charge in [-0.05, 0) is 37.2 Å². The number of amides is 1. The number of carbonyl (C=O) groups is 1. The molecule has 1 fully saturated rings. The number of anilines is 1. The molecule has 0 bridgehead atoms. The topological polar surface area (TPSA) is 39.2 Å². The molecule has 1 amide bonds. The van der Waals surface area contributed by atoms with Gasteiger partial charge in [-0.3, -0.25) is 14.7 Å². The van der Waals surface area contributed by atoms with Crippen molar-refractivity contribution in [2.45, 2.75) is 25.9 Å². The number of hydrogen-bond donors (Lipinski definition) is 0. The second-order valence-corrected chi connectivity index (χ2v) is 7.82. The van der Waals surface area contributed by atoms with Crippen molar-refractivity contribution in [3.8, 4) is 0 Å². The van der Waals surface area contributed by atoms with Crippen molar-refractivity contribution >= 4 is 17.8 Å². The van der Waals surface area contributed by atoms with Crippen molar-refractivity contribution in [1.82, 2.24) is 9.80 Å². The van der Waals surface area contributed by atoms with Crippen LogP contribution in [0.5, 0.6) is 0 Å². The van der Waals surface area contributed by atoms with Crippen LogP contribution < -0.4 is 4.90 Å². The predicted molar refractivity (Wildman–Crippen MR) is 114 cm³/mol. The molecule has 2 aliphatic rings. The average Bonchev–Trinajstić information content (AvgIpc) is 2.75. The van der Waals surface area contributed by atoms with Gasteiger partial charge in [0.05, 0.1) is 5.56 Å². The van der Waals surface area contributed by atoms with Crippen LogP contribution >= 0.6 is 0 Å². The fourth-order valence-corrected chi connectivity index (χ4v) is 4.13. The molecule has 0 aromatic heterocycles. The second-order valence-electron chi connectivity index (χ2n) is 7.82. The van der Waals surface area contributed by atoms with E-state index in [9.17, 15) is 9.18 Å². The molecule has 1 atom stereocenters. The fourth-order valence-electron chi connectivity index (χ4n) is 4.13. The van der Waals surface area contributed by atoms with Gasteiger partial charge in [0.2, 0.25) is 0 Å². The number of likely N-dealkylation sites (N-methyl/N-ethyl adjacent to an activating group) is 1. The second kappa shape index (κ2) is 8.33. The number of carbonyl (C=O) groups excluding carboxylic acids is 1. The molecule has 0 spiro atoms. The Bertz CT molecular complexity index is 929. The van der Waals surface area contributed by atoms with Gasteiger partial charge >= 0.3 is 0 Å². The summed E-state index contributed by atoms with van der Waals surface area (Å²) < 4.78 is 14.6. The van der Waals surface area contributed by atoms with Crippen LogP contribution in [0, 0.1) is 5.82 Å². The van der Waals surface area contributed by atoms with Crippen molar-refractivity contribution in [2.75, 3.05) is 38.3 Å². The van der Waals surface area contributed by atoms with Crippen molar-refractivity contribution in [3.63, 3.8) is 0 Å². The maximum atomic E-state index is 14.6. The quantitative estimate of drug-likeness (QED) is 0.798. The number of aliphatic imine (C=N–C) groups is 1. The van der Waals surface area contributed by atoms with Gasteiger partial charge in [0.1, 0.15) is 12.5 Å². The van der Waals surface area contributed by atoms with Crippen LogP contribution in [0.4, 0.5) is 10.1 Å². The minimum Gasteiger partial charge on any atom is -0.347 e. The molecule has 0 radical (unpaired) electrons. The molecular weight excluding hydrogens is 367 g/mol. The van der Waals surface area contributed by atoms with E-state index in [1.165, 1.54) is 6.07 Å². The Morgan fingerprint density at radius 2 is 2.03 bits per heavy atom. The first kappa shape index (κ1) is 19.6. The Kier molecular flexibility index (Phi) is 5.62. The van der Waals surface area contributed by atoms with Crippen molar-refractivity contribution in [1.29, 1.82) is 0 Å². The van der Waals surface area contributed by atoms with E-state index in [1.54, 1.807) is 17.0 Å². The van der Waals surface area contributed by atoms with Gasteiger partial charge < -0.3 is 9.80 Å². The van der Waals surface area contributed by atoms with Crippen LogP contribution in [-0.4, -0.2) is 61.3 Å². The number of rotatable bonds is 4. The number of fused-ring (bicyclic) bond motifs is 1. The van der Waals surface area contributed by atoms with Gasteiger partial charge in [-0.1, -0.05) is 31.2 Å². The molecule has 6 heteroatoms. The highest BCUT2D eigenvalue weighted by atomic mass is 19.1. The first-order chi connectivity index (χ1) is 14.1. The summed E-state index contributed by atoms with van der Waals surface area (Å²) in [7, 11) is 2.08. The van der Waals surface area contributed by atoms with Gasteiger partial charge in [0.15, 0.2) is 0 Å². The Labute approximate surface area is 171 Å². The van der Waals surface area contributed by atoms with E-state index in [0.29, 0.717) is 32.3 Å². The molecule has 0 unspecified atom stereocenters. The molecule has 0 N–H and O–H groups in total. The van der Waals surface area contributed by atoms with Gasteiger partial charge in [-0.25, -0.2) is 4.39 Å². The SMILES string of the molecule is CC[C@H]1CN(C(=O)c2cc(CN3CN=Cc4ccccc43)ccc2F)CCN1C. The van der Waals surface area contributed by atoms with Crippen LogP contribution in [0.2, 0.25) is 0 Å². The fraction of sp³-hybridized carbons (Fsp3) is 0.391. The minimum absolute atomic E-state index is 0.163. The molecule has 4 rings (SSSR count). The Morgan fingerprint density at radius 1 is 1.21 bits per heavy atom. The number of para-hydroxylation sites is 1. The summed E-state index contributed by atoms with van der Waals surface area (Å²) in [4.78, 5) is 23.7. The summed E-state index contributed by atoms with van der Waals surface area (Å²) in [6.45, 7) is 5.33. The number of hydrogen-bond acceptors (Lipinski definition) is 4. The van der Waals surface area contributed by atoms with Crippen LogP contribution in [0.3, 0.4) is 0 Å². The summed E-state index contributed by atoms with van der Waals surface area (Å²) in [5.74, 6) is -0.671. The molecule has 2 heterocycles. The highest BCUT2D eigenvalue weighted by Crippen LogP contribution is 2.25. The predicted octanol–water partition coefficient (Wildman–Crippen LogP) is 3.39. The zero-order chi connectivity index (χ0) is 20.4. The monoisotopic (exact) mass is 394 g/mol. The highest BCUT2D eigenvalue weighted by Gasteiger charge is 2.28. The summed E-state index contributed by atoms with van der Waals surface area (Å²) >= 11 is 0. The number of piperazine rings is 1. The van der Waals surface area contributed by atoms with Crippen molar-refractivity contribution < 1.29 is 9.18 Å². The first-order valence-corrected chi connectivity index (χ1v) is 10.2. The van der Waals surface area contributed by atoms with Crippen LogP contribution in [-0.2, 0) is 6.54 Å². The summed E-state index contributed by atoms with van der Waals surface area (Å²) in [6.07, 6.45) is 2.85. The Hall–Kier alpha value is -2.73.